The molecule has 3 aromatic rings. The Morgan fingerprint density at radius 2 is 2.11 bits per heavy atom. The highest BCUT2D eigenvalue weighted by atomic mass is 16.4. The third kappa shape index (κ3) is 2.85. The van der Waals surface area contributed by atoms with E-state index >= 15 is 0 Å². The predicted octanol–water partition coefficient (Wildman–Crippen LogP) is 2.13. The van der Waals surface area contributed by atoms with Crippen LogP contribution in [0.15, 0.2) is 15.3 Å². The lowest BCUT2D eigenvalue weighted by atomic mass is 10.0. The van der Waals surface area contributed by atoms with Gasteiger partial charge in [0.25, 0.3) is 11.5 Å². The van der Waals surface area contributed by atoms with Crippen LogP contribution in [-0.4, -0.2) is 43.5 Å². The Bertz CT molecular complexity index is 1090. The summed E-state index contributed by atoms with van der Waals surface area (Å²) in [6, 6.07) is 1.57. The van der Waals surface area contributed by atoms with Crippen LogP contribution in [0.2, 0.25) is 0 Å². The summed E-state index contributed by atoms with van der Waals surface area (Å²) in [4.78, 5) is 35.9. The number of carbonyl (C=O) groups is 1. The summed E-state index contributed by atoms with van der Waals surface area (Å²) in [5.41, 5.74) is 3.92. The molecule has 1 N–H and O–H groups in total. The number of likely N-dealkylation sites (tertiary alicyclic amines) is 1. The van der Waals surface area contributed by atoms with E-state index in [1.54, 1.807) is 24.8 Å². The summed E-state index contributed by atoms with van der Waals surface area (Å²) in [6.07, 6.45) is 1.57. The lowest BCUT2D eigenvalue weighted by Gasteiger charge is -2.15. The molecule has 0 aromatic carbocycles. The number of aromatic nitrogens is 4. The molecule has 142 valence electrons. The van der Waals surface area contributed by atoms with Crippen LogP contribution in [0.1, 0.15) is 58.4 Å². The average molecular weight is 369 g/mol. The number of oxazole rings is 1. The van der Waals surface area contributed by atoms with Crippen molar-refractivity contribution in [3.05, 3.63) is 50.7 Å². The molecule has 0 bridgehead atoms. The summed E-state index contributed by atoms with van der Waals surface area (Å²) >= 11 is 0. The second kappa shape index (κ2) is 6.37. The van der Waals surface area contributed by atoms with Crippen LogP contribution in [0.5, 0.6) is 0 Å². The average Bonchev–Trinajstić information content (AvgIpc) is 3.31. The number of H-pyrrole nitrogens is 1. The molecule has 4 heterocycles. The largest absolute Gasteiger partial charge is 0.436 e. The zero-order valence-electron chi connectivity index (χ0n) is 16.0. The van der Waals surface area contributed by atoms with Crippen molar-refractivity contribution in [2.24, 2.45) is 0 Å². The number of carbonyl (C=O) groups excluding carboxylic acids is 1. The van der Waals surface area contributed by atoms with Crippen molar-refractivity contribution >= 4 is 11.6 Å². The zero-order valence-corrected chi connectivity index (χ0v) is 16.0. The number of aromatic amines is 1. The second-order valence-electron chi connectivity index (χ2n) is 7.13. The third-order valence-electron chi connectivity index (χ3n) is 5.29. The highest BCUT2D eigenvalue weighted by Crippen LogP contribution is 2.28. The molecule has 4 rings (SSSR count). The topological polar surface area (TPSA) is 96.5 Å². The lowest BCUT2D eigenvalue weighted by molar-refractivity contribution is 0.0756. The SMILES string of the molecule is CCc1c(C)[nH]n2c(=O)cc(C3CCN(C(=O)c4oc(C)nc4C)C3)nc12. The van der Waals surface area contributed by atoms with Gasteiger partial charge in [-0.05, 0) is 26.7 Å². The van der Waals surface area contributed by atoms with Gasteiger partial charge in [0.1, 0.15) is 0 Å². The van der Waals surface area contributed by atoms with E-state index in [9.17, 15) is 9.59 Å². The van der Waals surface area contributed by atoms with Gasteiger partial charge in [0.05, 0.1) is 11.4 Å². The first kappa shape index (κ1) is 17.5. The molecule has 1 unspecified atom stereocenters. The summed E-state index contributed by atoms with van der Waals surface area (Å²) in [5, 5.41) is 3.08. The number of aryl methyl sites for hydroxylation is 4. The van der Waals surface area contributed by atoms with Crippen LogP contribution in [0.3, 0.4) is 0 Å². The van der Waals surface area contributed by atoms with Crippen LogP contribution in [0.25, 0.3) is 5.65 Å². The van der Waals surface area contributed by atoms with Crippen LogP contribution < -0.4 is 5.56 Å². The lowest BCUT2D eigenvalue weighted by Crippen LogP contribution is -2.29. The maximum Gasteiger partial charge on any atom is 0.291 e. The van der Waals surface area contributed by atoms with E-state index < -0.39 is 0 Å². The van der Waals surface area contributed by atoms with Crippen LogP contribution in [0.4, 0.5) is 0 Å². The Morgan fingerprint density at radius 3 is 2.78 bits per heavy atom. The van der Waals surface area contributed by atoms with Crippen molar-refractivity contribution in [2.45, 2.75) is 46.5 Å². The minimum absolute atomic E-state index is 0.0379. The Morgan fingerprint density at radius 1 is 1.33 bits per heavy atom. The van der Waals surface area contributed by atoms with Crippen LogP contribution in [-0.2, 0) is 6.42 Å². The fourth-order valence-electron chi connectivity index (χ4n) is 3.91. The minimum Gasteiger partial charge on any atom is -0.436 e. The molecule has 1 amide bonds. The van der Waals surface area contributed by atoms with E-state index in [1.165, 1.54) is 4.52 Å². The van der Waals surface area contributed by atoms with Gasteiger partial charge in [-0.25, -0.2) is 14.5 Å². The Kier molecular flexibility index (Phi) is 4.13. The van der Waals surface area contributed by atoms with Crippen molar-refractivity contribution < 1.29 is 9.21 Å². The molecule has 0 radical (unpaired) electrons. The summed E-state index contributed by atoms with van der Waals surface area (Å²) in [7, 11) is 0. The van der Waals surface area contributed by atoms with Crippen molar-refractivity contribution in [3.8, 4) is 0 Å². The molecule has 1 fully saturated rings. The van der Waals surface area contributed by atoms with E-state index in [2.05, 4.69) is 10.1 Å². The van der Waals surface area contributed by atoms with Crippen LogP contribution >= 0.6 is 0 Å². The number of amides is 1. The molecule has 1 saturated heterocycles. The summed E-state index contributed by atoms with van der Waals surface area (Å²) in [5.74, 6) is 0.670. The Labute approximate surface area is 156 Å². The Hall–Kier alpha value is -2.90. The van der Waals surface area contributed by atoms with E-state index in [0.29, 0.717) is 36.1 Å². The number of hydrogen-bond acceptors (Lipinski definition) is 5. The molecule has 1 aliphatic rings. The molecule has 0 saturated carbocycles. The smallest absolute Gasteiger partial charge is 0.291 e. The minimum atomic E-state index is -0.153. The number of nitrogens with one attached hydrogen (secondary N) is 1. The van der Waals surface area contributed by atoms with Gasteiger partial charge < -0.3 is 9.32 Å². The maximum atomic E-state index is 12.7. The van der Waals surface area contributed by atoms with Crippen molar-refractivity contribution in [3.63, 3.8) is 0 Å². The van der Waals surface area contributed by atoms with Gasteiger partial charge in [-0.1, -0.05) is 6.92 Å². The van der Waals surface area contributed by atoms with Crippen molar-refractivity contribution in [1.29, 1.82) is 0 Å². The number of hydrogen-bond donors (Lipinski definition) is 1. The van der Waals surface area contributed by atoms with Gasteiger partial charge in [0, 0.05) is 43.3 Å². The molecule has 0 spiro atoms. The fraction of sp³-hybridized carbons (Fsp3) is 0.474. The van der Waals surface area contributed by atoms with E-state index in [-0.39, 0.29) is 17.4 Å². The fourth-order valence-corrected chi connectivity index (χ4v) is 3.91. The first-order chi connectivity index (χ1) is 12.9. The predicted molar refractivity (Wildman–Crippen MR) is 99.2 cm³/mol. The van der Waals surface area contributed by atoms with Crippen molar-refractivity contribution in [1.82, 2.24) is 24.5 Å². The van der Waals surface area contributed by atoms with Gasteiger partial charge in [-0.2, -0.15) is 0 Å². The molecular formula is C19H23N5O3. The molecule has 1 atom stereocenters. The zero-order chi connectivity index (χ0) is 19.3. The highest BCUT2D eigenvalue weighted by Gasteiger charge is 2.32. The van der Waals surface area contributed by atoms with Crippen molar-refractivity contribution in [2.75, 3.05) is 13.1 Å². The maximum absolute atomic E-state index is 12.7. The normalized spacial score (nSPS) is 17.2. The summed E-state index contributed by atoms with van der Waals surface area (Å²) < 4.78 is 6.96. The van der Waals surface area contributed by atoms with Crippen LogP contribution in [0, 0.1) is 20.8 Å². The second-order valence-corrected chi connectivity index (χ2v) is 7.13. The number of nitrogens with zero attached hydrogens (tertiary/aromatic N) is 4. The van der Waals surface area contributed by atoms with E-state index in [0.717, 1.165) is 29.8 Å². The molecular weight excluding hydrogens is 346 g/mol. The molecule has 8 heteroatoms. The number of rotatable bonds is 3. The van der Waals surface area contributed by atoms with Gasteiger partial charge in [0.15, 0.2) is 11.5 Å². The first-order valence-corrected chi connectivity index (χ1v) is 9.23. The number of fused-ring (bicyclic) bond motifs is 1. The molecule has 27 heavy (non-hydrogen) atoms. The van der Waals surface area contributed by atoms with Gasteiger partial charge in [0.2, 0.25) is 5.76 Å². The van der Waals surface area contributed by atoms with Gasteiger partial charge in [-0.3, -0.25) is 14.7 Å². The monoisotopic (exact) mass is 369 g/mol. The third-order valence-corrected chi connectivity index (χ3v) is 5.29. The molecule has 8 nitrogen and oxygen atoms in total. The van der Waals surface area contributed by atoms with E-state index in [4.69, 9.17) is 9.40 Å². The Balaban J connectivity index is 1.63. The highest BCUT2D eigenvalue weighted by molar-refractivity contribution is 5.92. The molecule has 1 aliphatic heterocycles. The summed E-state index contributed by atoms with van der Waals surface area (Å²) in [6.45, 7) is 8.63. The van der Waals surface area contributed by atoms with Gasteiger partial charge >= 0.3 is 0 Å². The van der Waals surface area contributed by atoms with E-state index in [1.807, 2.05) is 13.8 Å². The molecule has 3 aromatic heterocycles. The standard InChI is InChI=1S/C19H23N5O3/c1-5-14-10(2)22-24-16(25)8-15(21-18(14)24)13-6-7-23(9-13)19(26)17-11(3)20-12(4)27-17/h8,13,22H,5-7,9H2,1-4H3. The van der Waals surface area contributed by atoms with Gasteiger partial charge in [-0.15, -0.1) is 0 Å². The quantitative estimate of drug-likeness (QED) is 0.763. The first-order valence-electron chi connectivity index (χ1n) is 9.23. The molecule has 0 aliphatic carbocycles.